The highest BCUT2D eigenvalue weighted by Crippen LogP contribution is 2.39. The number of ether oxygens (including phenoxy) is 1. The van der Waals surface area contributed by atoms with Crippen LogP contribution in [0.25, 0.3) is 0 Å². The molecule has 1 atom stereocenters. The zero-order valence-corrected chi connectivity index (χ0v) is 16.4. The Bertz CT molecular complexity index is 527. The molecule has 138 valence electrons. The van der Waals surface area contributed by atoms with Gasteiger partial charge in [-0.05, 0) is 37.0 Å². The molecular formula is C19H28N2O2S2. The minimum Gasteiger partial charge on any atom is -0.378 e. The number of amides is 1. The van der Waals surface area contributed by atoms with Crippen molar-refractivity contribution in [1.29, 1.82) is 0 Å². The van der Waals surface area contributed by atoms with Gasteiger partial charge < -0.3 is 15.0 Å². The molecule has 0 aromatic heterocycles. The maximum Gasteiger partial charge on any atom is 0.220 e. The van der Waals surface area contributed by atoms with Gasteiger partial charge in [-0.2, -0.15) is 0 Å². The third kappa shape index (κ3) is 6.42. The van der Waals surface area contributed by atoms with Crippen molar-refractivity contribution in [3.05, 3.63) is 29.8 Å². The lowest BCUT2D eigenvalue weighted by Crippen LogP contribution is -2.36. The first kappa shape index (κ1) is 18.9. The van der Waals surface area contributed by atoms with Crippen molar-refractivity contribution in [3.8, 4) is 0 Å². The number of carbonyl (C=O) groups is 1. The van der Waals surface area contributed by atoms with Crippen LogP contribution in [0.3, 0.4) is 0 Å². The summed E-state index contributed by atoms with van der Waals surface area (Å²) >= 11 is 0. The quantitative estimate of drug-likeness (QED) is 0.548. The summed E-state index contributed by atoms with van der Waals surface area (Å²) in [5.41, 5.74) is 2.39. The SMILES string of the molecule is O=C(CCCCC1CCSS1)NCc1ccc(N2CCOCC2)cc1. The molecule has 1 aromatic carbocycles. The van der Waals surface area contributed by atoms with Crippen LogP contribution in [0.15, 0.2) is 24.3 Å². The molecule has 2 fully saturated rings. The number of morpholine rings is 1. The van der Waals surface area contributed by atoms with Gasteiger partial charge in [-0.15, -0.1) is 0 Å². The van der Waals surface area contributed by atoms with Crippen molar-refractivity contribution in [2.45, 2.75) is 43.9 Å². The second kappa shape index (κ2) is 10.3. The third-order valence-electron chi connectivity index (χ3n) is 4.71. The smallest absolute Gasteiger partial charge is 0.220 e. The van der Waals surface area contributed by atoms with Crippen LogP contribution >= 0.6 is 21.6 Å². The molecule has 2 aliphatic heterocycles. The Balaban J connectivity index is 1.31. The summed E-state index contributed by atoms with van der Waals surface area (Å²) in [6.07, 6.45) is 5.41. The molecule has 0 aliphatic carbocycles. The van der Waals surface area contributed by atoms with E-state index in [0.717, 1.165) is 43.5 Å². The van der Waals surface area contributed by atoms with E-state index >= 15 is 0 Å². The van der Waals surface area contributed by atoms with E-state index in [1.165, 1.54) is 30.7 Å². The molecule has 1 aromatic rings. The van der Waals surface area contributed by atoms with E-state index in [1.807, 2.05) is 21.6 Å². The fourth-order valence-electron chi connectivity index (χ4n) is 3.16. The molecule has 1 unspecified atom stereocenters. The van der Waals surface area contributed by atoms with Gasteiger partial charge in [-0.3, -0.25) is 4.79 Å². The summed E-state index contributed by atoms with van der Waals surface area (Å²) in [7, 11) is 4.02. The third-order valence-corrected chi connectivity index (χ3v) is 7.72. The minimum atomic E-state index is 0.172. The fourth-order valence-corrected chi connectivity index (χ4v) is 6.18. The van der Waals surface area contributed by atoms with Crippen LogP contribution in [0.2, 0.25) is 0 Å². The molecule has 2 heterocycles. The Kier molecular flexibility index (Phi) is 7.82. The largest absolute Gasteiger partial charge is 0.378 e. The second-order valence-electron chi connectivity index (χ2n) is 6.62. The van der Waals surface area contributed by atoms with E-state index in [4.69, 9.17) is 4.74 Å². The molecule has 0 radical (unpaired) electrons. The molecule has 2 saturated heterocycles. The van der Waals surface area contributed by atoms with Crippen LogP contribution in [-0.4, -0.2) is 43.2 Å². The molecule has 1 N–H and O–H groups in total. The highest BCUT2D eigenvalue weighted by molar-refractivity contribution is 8.77. The van der Waals surface area contributed by atoms with Gasteiger partial charge >= 0.3 is 0 Å². The van der Waals surface area contributed by atoms with Gasteiger partial charge in [-0.25, -0.2) is 0 Å². The number of hydrogen-bond acceptors (Lipinski definition) is 5. The molecule has 4 nitrogen and oxygen atoms in total. The maximum absolute atomic E-state index is 12.0. The van der Waals surface area contributed by atoms with Gasteiger partial charge in [-0.1, -0.05) is 40.1 Å². The summed E-state index contributed by atoms with van der Waals surface area (Å²) in [6.45, 7) is 4.13. The lowest BCUT2D eigenvalue weighted by Gasteiger charge is -2.28. The fraction of sp³-hybridized carbons (Fsp3) is 0.632. The lowest BCUT2D eigenvalue weighted by molar-refractivity contribution is -0.121. The Morgan fingerprint density at radius 3 is 2.72 bits per heavy atom. The molecule has 25 heavy (non-hydrogen) atoms. The van der Waals surface area contributed by atoms with E-state index in [1.54, 1.807) is 0 Å². The van der Waals surface area contributed by atoms with E-state index in [0.29, 0.717) is 13.0 Å². The van der Waals surface area contributed by atoms with Crippen molar-refractivity contribution in [2.24, 2.45) is 0 Å². The highest BCUT2D eigenvalue weighted by atomic mass is 33.1. The van der Waals surface area contributed by atoms with Crippen LogP contribution in [0, 0.1) is 0 Å². The highest BCUT2D eigenvalue weighted by Gasteiger charge is 2.16. The van der Waals surface area contributed by atoms with Gasteiger partial charge in [0.2, 0.25) is 5.91 Å². The van der Waals surface area contributed by atoms with Gasteiger partial charge in [0.25, 0.3) is 0 Å². The molecule has 2 aliphatic rings. The summed E-state index contributed by atoms with van der Waals surface area (Å²) < 4.78 is 5.39. The number of carbonyl (C=O) groups excluding carboxylic acids is 1. The van der Waals surface area contributed by atoms with Crippen molar-refractivity contribution in [1.82, 2.24) is 5.32 Å². The van der Waals surface area contributed by atoms with E-state index < -0.39 is 0 Å². The van der Waals surface area contributed by atoms with E-state index in [9.17, 15) is 4.79 Å². The number of hydrogen-bond donors (Lipinski definition) is 1. The average Bonchev–Trinajstić information content (AvgIpc) is 3.18. The van der Waals surface area contributed by atoms with Crippen molar-refractivity contribution in [3.63, 3.8) is 0 Å². The molecule has 0 bridgehead atoms. The van der Waals surface area contributed by atoms with Crippen LogP contribution in [0.5, 0.6) is 0 Å². The summed E-state index contributed by atoms with van der Waals surface area (Å²) in [6, 6.07) is 8.51. The van der Waals surface area contributed by atoms with Gasteiger partial charge in [0.1, 0.15) is 0 Å². The summed E-state index contributed by atoms with van der Waals surface area (Å²) in [5.74, 6) is 1.46. The molecule has 0 spiro atoms. The van der Waals surface area contributed by atoms with Crippen LogP contribution in [-0.2, 0) is 16.1 Å². The number of anilines is 1. The molecule has 6 heteroatoms. The molecular weight excluding hydrogens is 352 g/mol. The predicted molar refractivity (Wildman–Crippen MR) is 108 cm³/mol. The monoisotopic (exact) mass is 380 g/mol. The van der Waals surface area contributed by atoms with Crippen LogP contribution in [0.1, 0.15) is 37.7 Å². The standard InChI is InChI=1S/C19H28N2O2S2/c22-19(4-2-1-3-18-9-14-24-25-18)20-15-16-5-7-17(8-6-16)21-10-12-23-13-11-21/h5-8,18H,1-4,9-15H2,(H,20,22). The first-order chi connectivity index (χ1) is 12.3. The van der Waals surface area contributed by atoms with Gasteiger partial charge in [0, 0.05) is 42.7 Å². The maximum atomic E-state index is 12.0. The van der Waals surface area contributed by atoms with Crippen LogP contribution < -0.4 is 10.2 Å². The van der Waals surface area contributed by atoms with Crippen molar-refractivity contribution >= 4 is 33.2 Å². The average molecular weight is 381 g/mol. The normalized spacial score (nSPS) is 20.6. The van der Waals surface area contributed by atoms with E-state index in [-0.39, 0.29) is 5.91 Å². The van der Waals surface area contributed by atoms with Crippen molar-refractivity contribution in [2.75, 3.05) is 37.0 Å². The number of benzene rings is 1. The number of nitrogens with one attached hydrogen (secondary N) is 1. The Morgan fingerprint density at radius 1 is 1.20 bits per heavy atom. The number of unbranched alkanes of at least 4 members (excludes halogenated alkanes) is 1. The van der Waals surface area contributed by atoms with E-state index in [2.05, 4.69) is 34.5 Å². The zero-order valence-electron chi connectivity index (χ0n) is 14.7. The predicted octanol–water partition coefficient (Wildman–Crippen LogP) is 3.85. The van der Waals surface area contributed by atoms with Crippen LogP contribution in [0.4, 0.5) is 5.69 Å². The first-order valence-electron chi connectivity index (χ1n) is 9.28. The Hall–Kier alpha value is -0.850. The number of nitrogens with zero attached hydrogens (tertiary/aromatic N) is 1. The number of rotatable bonds is 8. The molecule has 3 rings (SSSR count). The Morgan fingerprint density at radius 2 is 2.00 bits per heavy atom. The lowest BCUT2D eigenvalue weighted by atomic mass is 10.1. The first-order valence-corrected chi connectivity index (χ1v) is 11.7. The second-order valence-corrected chi connectivity index (χ2v) is 9.40. The van der Waals surface area contributed by atoms with Gasteiger partial charge in [0.15, 0.2) is 0 Å². The summed E-state index contributed by atoms with van der Waals surface area (Å²) in [5, 5.41) is 3.86. The van der Waals surface area contributed by atoms with Gasteiger partial charge in [0.05, 0.1) is 13.2 Å². The molecule has 1 amide bonds. The molecule has 0 saturated carbocycles. The zero-order chi connectivity index (χ0) is 17.3. The topological polar surface area (TPSA) is 41.6 Å². The minimum absolute atomic E-state index is 0.172. The Labute approximate surface area is 158 Å². The van der Waals surface area contributed by atoms with Crippen molar-refractivity contribution < 1.29 is 9.53 Å². The summed E-state index contributed by atoms with van der Waals surface area (Å²) in [4.78, 5) is 14.3.